The standard InChI is InChI=1S/C24H20N4O5/c1-14-11-16(15(2)27(14)20-9-5-4-8-18(20)23(31)33-3)12-19-21(29)26-24(32)28(22(19)30)17-7-6-10-25-13-17/h4-13H,1-3H3,(H,26,29,32)/b19-12+. The number of carbonyl (C=O) groups excluding carboxylic acids is 4. The summed E-state index contributed by atoms with van der Waals surface area (Å²) in [6.07, 6.45) is 4.31. The zero-order chi connectivity index (χ0) is 23.7. The van der Waals surface area contributed by atoms with Gasteiger partial charge in [0, 0.05) is 17.6 Å². The van der Waals surface area contributed by atoms with Gasteiger partial charge in [-0.2, -0.15) is 0 Å². The number of nitrogens with one attached hydrogen (secondary N) is 1. The van der Waals surface area contributed by atoms with Crippen molar-refractivity contribution in [1.82, 2.24) is 14.9 Å². The first-order valence-electron chi connectivity index (χ1n) is 10.0. The molecule has 0 atom stereocenters. The highest BCUT2D eigenvalue weighted by Gasteiger charge is 2.37. The number of nitrogens with zero attached hydrogens (tertiary/aromatic N) is 3. The first-order chi connectivity index (χ1) is 15.8. The summed E-state index contributed by atoms with van der Waals surface area (Å²) in [6.45, 7) is 3.65. The first kappa shape index (κ1) is 21.7. The van der Waals surface area contributed by atoms with Gasteiger partial charge in [0.2, 0.25) is 0 Å². The molecular formula is C24H20N4O5. The number of urea groups is 1. The van der Waals surface area contributed by atoms with Crippen molar-refractivity contribution in [1.29, 1.82) is 0 Å². The molecule has 1 aliphatic heterocycles. The minimum Gasteiger partial charge on any atom is -0.465 e. The fraction of sp³-hybridized carbons (Fsp3) is 0.125. The quantitative estimate of drug-likeness (QED) is 0.376. The number of imide groups is 2. The molecule has 166 valence electrons. The number of anilines is 1. The maximum absolute atomic E-state index is 13.1. The molecule has 1 aromatic carbocycles. The smallest absolute Gasteiger partial charge is 0.339 e. The number of hydrogen-bond donors (Lipinski definition) is 1. The summed E-state index contributed by atoms with van der Waals surface area (Å²) in [5, 5.41) is 2.20. The van der Waals surface area contributed by atoms with Gasteiger partial charge in [-0.15, -0.1) is 0 Å². The molecule has 0 unspecified atom stereocenters. The second-order valence-electron chi connectivity index (χ2n) is 7.34. The maximum Gasteiger partial charge on any atom is 0.339 e. The molecule has 4 rings (SSSR count). The van der Waals surface area contributed by atoms with Gasteiger partial charge >= 0.3 is 12.0 Å². The third-order valence-electron chi connectivity index (χ3n) is 5.33. The van der Waals surface area contributed by atoms with Crippen LogP contribution in [0.3, 0.4) is 0 Å². The number of esters is 1. The van der Waals surface area contributed by atoms with Crippen LogP contribution in [-0.2, 0) is 14.3 Å². The predicted molar refractivity (Wildman–Crippen MR) is 120 cm³/mol. The molecule has 1 aliphatic rings. The van der Waals surface area contributed by atoms with Crippen LogP contribution in [0.2, 0.25) is 0 Å². The summed E-state index contributed by atoms with van der Waals surface area (Å²) in [5.41, 5.74) is 3.10. The van der Waals surface area contributed by atoms with Crippen LogP contribution >= 0.6 is 0 Å². The molecule has 0 saturated carbocycles. The highest BCUT2D eigenvalue weighted by Crippen LogP contribution is 2.27. The summed E-state index contributed by atoms with van der Waals surface area (Å²) in [4.78, 5) is 55.0. The Morgan fingerprint density at radius 1 is 1.09 bits per heavy atom. The van der Waals surface area contributed by atoms with E-state index in [1.54, 1.807) is 42.5 Å². The topological polar surface area (TPSA) is 111 Å². The molecule has 0 spiro atoms. The lowest BCUT2D eigenvalue weighted by molar-refractivity contribution is -0.122. The number of carbonyl (C=O) groups is 4. The van der Waals surface area contributed by atoms with Crippen LogP contribution in [0, 0.1) is 13.8 Å². The Morgan fingerprint density at radius 3 is 2.55 bits per heavy atom. The van der Waals surface area contributed by atoms with Gasteiger partial charge in [-0.1, -0.05) is 12.1 Å². The van der Waals surface area contributed by atoms with E-state index in [-0.39, 0.29) is 11.3 Å². The number of amides is 4. The fourth-order valence-electron chi connectivity index (χ4n) is 3.79. The second kappa shape index (κ2) is 8.54. The van der Waals surface area contributed by atoms with Crippen LogP contribution in [0.25, 0.3) is 11.8 Å². The monoisotopic (exact) mass is 444 g/mol. The van der Waals surface area contributed by atoms with Crippen molar-refractivity contribution in [3.63, 3.8) is 0 Å². The number of para-hydroxylation sites is 1. The Hall–Kier alpha value is -4.53. The highest BCUT2D eigenvalue weighted by molar-refractivity contribution is 6.39. The molecule has 9 nitrogen and oxygen atoms in total. The highest BCUT2D eigenvalue weighted by atomic mass is 16.5. The minimum absolute atomic E-state index is 0.194. The Morgan fingerprint density at radius 2 is 1.85 bits per heavy atom. The van der Waals surface area contributed by atoms with Crippen molar-refractivity contribution >= 4 is 35.6 Å². The van der Waals surface area contributed by atoms with Crippen LogP contribution in [-0.4, -0.2) is 40.5 Å². The minimum atomic E-state index is -0.840. The number of ether oxygens (including phenoxy) is 1. The van der Waals surface area contributed by atoms with Crippen molar-refractivity contribution in [2.24, 2.45) is 0 Å². The maximum atomic E-state index is 13.1. The Bertz CT molecular complexity index is 1320. The number of aromatic nitrogens is 2. The summed E-state index contributed by atoms with van der Waals surface area (Å²) in [5.74, 6) is -2.02. The molecule has 9 heteroatoms. The lowest BCUT2D eigenvalue weighted by atomic mass is 10.1. The van der Waals surface area contributed by atoms with E-state index < -0.39 is 23.8 Å². The third kappa shape index (κ3) is 3.80. The van der Waals surface area contributed by atoms with Gasteiger partial charge in [0.1, 0.15) is 5.57 Å². The molecule has 33 heavy (non-hydrogen) atoms. The van der Waals surface area contributed by atoms with Gasteiger partial charge in [0.25, 0.3) is 11.8 Å². The third-order valence-corrected chi connectivity index (χ3v) is 5.33. The van der Waals surface area contributed by atoms with Gasteiger partial charge in [0.05, 0.1) is 30.2 Å². The Labute approximate surface area is 189 Å². The van der Waals surface area contributed by atoms with E-state index in [1.165, 1.54) is 25.6 Å². The summed E-state index contributed by atoms with van der Waals surface area (Å²) < 4.78 is 6.74. The molecule has 4 amide bonds. The lowest BCUT2D eigenvalue weighted by Crippen LogP contribution is -2.54. The number of pyridine rings is 1. The number of methoxy groups -OCH3 is 1. The molecule has 0 aliphatic carbocycles. The van der Waals surface area contributed by atoms with E-state index in [0.717, 1.165) is 10.6 Å². The van der Waals surface area contributed by atoms with E-state index in [1.807, 2.05) is 18.4 Å². The number of hydrogen-bond acceptors (Lipinski definition) is 6. The molecule has 0 bridgehead atoms. The van der Waals surface area contributed by atoms with E-state index in [2.05, 4.69) is 10.3 Å². The summed E-state index contributed by atoms with van der Waals surface area (Å²) >= 11 is 0. The van der Waals surface area contributed by atoms with Crippen LogP contribution in [0.4, 0.5) is 10.5 Å². The molecule has 3 heterocycles. The van der Waals surface area contributed by atoms with Crippen LogP contribution < -0.4 is 10.2 Å². The first-order valence-corrected chi connectivity index (χ1v) is 10.0. The van der Waals surface area contributed by atoms with Gasteiger partial charge in [-0.05, 0) is 55.8 Å². The average molecular weight is 444 g/mol. The Kier molecular flexibility index (Phi) is 5.61. The molecule has 1 fully saturated rings. The van der Waals surface area contributed by atoms with Crippen LogP contribution in [0.5, 0.6) is 0 Å². The molecule has 2 aromatic heterocycles. The Balaban J connectivity index is 1.80. The number of rotatable bonds is 4. The van der Waals surface area contributed by atoms with E-state index in [9.17, 15) is 19.2 Å². The largest absolute Gasteiger partial charge is 0.465 e. The van der Waals surface area contributed by atoms with E-state index in [0.29, 0.717) is 22.5 Å². The van der Waals surface area contributed by atoms with Crippen molar-refractivity contribution in [3.8, 4) is 5.69 Å². The molecule has 1 saturated heterocycles. The zero-order valence-corrected chi connectivity index (χ0v) is 18.2. The van der Waals surface area contributed by atoms with E-state index in [4.69, 9.17) is 4.74 Å². The number of benzene rings is 1. The molecular weight excluding hydrogens is 424 g/mol. The van der Waals surface area contributed by atoms with E-state index >= 15 is 0 Å². The normalized spacial score (nSPS) is 15.1. The van der Waals surface area contributed by atoms with Gasteiger partial charge < -0.3 is 9.30 Å². The van der Waals surface area contributed by atoms with Gasteiger partial charge in [0.15, 0.2) is 0 Å². The zero-order valence-electron chi connectivity index (χ0n) is 18.2. The molecule has 3 aromatic rings. The summed E-state index contributed by atoms with van der Waals surface area (Å²) in [6, 6.07) is 11.1. The van der Waals surface area contributed by atoms with Crippen molar-refractivity contribution in [3.05, 3.63) is 82.9 Å². The number of barbiturate groups is 1. The fourth-order valence-corrected chi connectivity index (χ4v) is 3.79. The summed E-state index contributed by atoms with van der Waals surface area (Å²) in [7, 11) is 1.31. The van der Waals surface area contributed by atoms with Crippen molar-refractivity contribution < 1.29 is 23.9 Å². The predicted octanol–water partition coefficient (Wildman–Crippen LogP) is 2.94. The second-order valence-corrected chi connectivity index (χ2v) is 7.34. The molecule has 0 radical (unpaired) electrons. The van der Waals surface area contributed by atoms with Crippen LogP contribution in [0.1, 0.15) is 27.3 Å². The average Bonchev–Trinajstić information content (AvgIpc) is 3.09. The van der Waals surface area contributed by atoms with Gasteiger partial charge in [-0.25, -0.2) is 14.5 Å². The molecule has 1 N–H and O–H groups in total. The van der Waals surface area contributed by atoms with Crippen LogP contribution in [0.15, 0.2) is 60.4 Å². The van der Waals surface area contributed by atoms with Crippen molar-refractivity contribution in [2.75, 3.05) is 12.0 Å². The lowest BCUT2D eigenvalue weighted by Gasteiger charge is -2.26. The number of aryl methyl sites for hydroxylation is 1. The SMILES string of the molecule is COC(=O)c1ccccc1-n1c(C)cc(/C=C2\C(=O)NC(=O)N(c3cccnc3)C2=O)c1C. The van der Waals surface area contributed by atoms with Gasteiger partial charge in [-0.3, -0.25) is 19.9 Å². The van der Waals surface area contributed by atoms with Crippen molar-refractivity contribution in [2.45, 2.75) is 13.8 Å².